The molecule has 0 aromatic rings. The largest absolute Gasteiger partial charge is 0.454 e. The van der Waals surface area contributed by atoms with Crippen molar-refractivity contribution in [1.82, 2.24) is 0 Å². The van der Waals surface area contributed by atoms with Gasteiger partial charge in [-0.1, -0.05) is 13.8 Å². The standard InChI is InChI=1S/C8H12F2OS/c1-3-5-6(9)7(10)11-8(5)12-4-2/h5,8H,3-4H2,1-2H3. The van der Waals surface area contributed by atoms with Gasteiger partial charge in [0.1, 0.15) is 0 Å². The lowest BCUT2D eigenvalue weighted by molar-refractivity contribution is 0.134. The normalized spacial score (nSPS) is 29.3. The lowest BCUT2D eigenvalue weighted by Crippen LogP contribution is -2.13. The van der Waals surface area contributed by atoms with E-state index >= 15 is 0 Å². The zero-order chi connectivity index (χ0) is 9.14. The van der Waals surface area contributed by atoms with E-state index in [4.69, 9.17) is 4.74 Å². The number of ether oxygens (including phenoxy) is 1. The van der Waals surface area contributed by atoms with Crippen LogP contribution >= 0.6 is 11.8 Å². The second kappa shape index (κ2) is 4.12. The fourth-order valence-corrected chi connectivity index (χ4v) is 2.22. The first-order chi connectivity index (χ1) is 5.70. The molecule has 0 amide bonds. The summed E-state index contributed by atoms with van der Waals surface area (Å²) in [4.78, 5) is 0. The number of hydrogen-bond donors (Lipinski definition) is 0. The average Bonchev–Trinajstić information content (AvgIpc) is 2.29. The highest BCUT2D eigenvalue weighted by molar-refractivity contribution is 7.99. The molecule has 12 heavy (non-hydrogen) atoms. The molecule has 0 fully saturated rings. The van der Waals surface area contributed by atoms with Gasteiger partial charge in [0.25, 0.3) is 0 Å². The Morgan fingerprint density at radius 2 is 2.08 bits per heavy atom. The molecule has 2 atom stereocenters. The first-order valence-electron chi connectivity index (χ1n) is 4.04. The quantitative estimate of drug-likeness (QED) is 0.682. The maximum atomic E-state index is 12.9. The summed E-state index contributed by atoms with van der Waals surface area (Å²) in [5.74, 6) is -0.305. The Bertz CT molecular complexity index is 193. The van der Waals surface area contributed by atoms with E-state index in [1.807, 2.05) is 13.8 Å². The Balaban J connectivity index is 2.62. The molecule has 1 rings (SSSR count). The van der Waals surface area contributed by atoms with Gasteiger partial charge in [-0.2, -0.15) is 4.39 Å². The van der Waals surface area contributed by atoms with Gasteiger partial charge in [0.15, 0.2) is 11.3 Å². The van der Waals surface area contributed by atoms with Crippen molar-refractivity contribution >= 4 is 11.8 Å². The second-order valence-corrected chi connectivity index (χ2v) is 3.95. The number of rotatable bonds is 3. The van der Waals surface area contributed by atoms with Crippen LogP contribution in [0.15, 0.2) is 11.8 Å². The van der Waals surface area contributed by atoms with Crippen molar-refractivity contribution in [2.75, 3.05) is 5.75 Å². The van der Waals surface area contributed by atoms with Crippen LogP contribution in [0.1, 0.15) is 20.3 Å². The number of thioether (sulfide) groups is 1. The van der Waals surface area contributed by atoms with Crippen molar-refractivity contribution < 1.29 is 13.5 Å². The molecule has 1 aliphatic rings. The van der Waals surface area contributed by atoms with Gasteiger partial charge in [0.05, 0.1) is 5.92 Å². The van der Waals surface area contributed by atoms with E-state index in [0.717, 1.165) is 5.75 Å². The third kappa shape index (κ3) is 1.73. The monoisotopic (exact) mass is 194 g/mol. The van der Waals surface area contributed by atoms with E-state index < -0.39 is 17.8 Å². The van der Waals surface area contributed by atoms with Crippen LogP contribution in [0.3, 0.4) is 0 Å². The van der Waals surface area contributed by atoms with Crippen molar-refractivity contribution in [3.05, 3.63) is 11.8 Å². The summed E-state index contributed by atoms with van der Waals surface area (Å²) in [5, 5.41) is 0. The third-order valence-electron chi connectivity index (χ3n) is 1.83. The van der Waals surface area contributed by atoms with Crippen LogP contribution in [-0.4, -0.2) is 11.2 Å². The molecule has 0 aromatic heterocycles. The van der Waals surface area contributed by atoms with Gasteiger partial charge >= 0.3 is 6.01 Å². The first-order valence-corrected chi connectivity index (χ1v) is 5.09. The highest BCUT2D eigenvalue weighted by atomic mass is 32.2. The fraction of sp³-hybridized carbons (Fsp3) is 0.750. The Labute approximate surface area is 75.2 Å². The van der Waals surface area contributed by atoms with E-state index in [2.05, 4.69) is 0 Å². The first kappa shape index (κ1) is 9.84. The van der Waals surface area contributed by atoms with Crippen molar-refractivity contribution in [1.29, 1.82) is 0 Å². The van der Waals surface area contributed by atoms with E-state index in [-0.39, 0.29) is 5.44 Å². The molecule has 70 valence electrons. The summed E-state index contributed by atoms with van der Waals surface area (Å²) in [6.07, 6.45) is 0.580. The molecule has 1 aliphatic heterocycles. The molecule has 0 N–H and O–H groups in total. The van der Waals surface area contributed by atoms with Gasteiger partial charge in [-0.3, -0.25) is 0 Å². The Morgan fingerprint density at radius 3 is 2.58 bits per heavy atom. The zero-order valence-corrected chi connectivity index (χ0v) is 7.96. The van der Waals surface area contributed by atoms with Gasteiger partial charge in [0.2, 0.25) is 0 Å². The third-order valence-corrected chi connectivity index (χ3v) is 2.92. The van der Waals surface area contributed by atoms with Gasteiger partial charge in [-0.15, -0.1) is 11.8 Å². The molecule has 2 unspecified atom stereocenters. The summed E-state index contributed by atoms with van der Waals surface area (Å²) in [6, 6.07) is -1.02. The van der Waals surface area contributed by atoms with Crippen molar-refractivity contribution in [3.8, 4) is 0 Å². The highest BCUT2D eigenvalue weighted by Gasteiger charge is 2.36. The molecular formula is C8H12F2OS. The van der Waals surface area contributed by atoms with Crippen LogP contribution in [0.25, 0.3) is 0 Å². The highest BCUT2D eigenvalue weighted by Crippen LogP contribution is 2.39. The predicted octanol–water partition coefficient (Wildman–Crippen LogP) is 3.23. The topological polar surface area (TPSA) is 9.23 Å². The summed E-state index contributed by atoms with van der Waals surface area (Å²) >= 11 is 1.44. The number of hydrogen-bond acceptors (Lipinski definition) is 2. The van der Waals surface area contributed by atoms with Crippen LogP contribution in [0, 0.1) is 5.92 Å². The molecule has 0 saturated heterocycles. The predicted molar refractivity (Wildman–Crippen MR) is 46.0 cm³/mol. The molecule has 1 nitrogen and oxygen atoms in total. The minimum Gasteiger partial charge on any atom is -0.454 e. The minimum absolute atomic E-state index is 0.361. The summed E-state index contributed by atoms with van der Waals surface area (Å²) in [6.45, 7) is 3.77. The van der Waals surface area contributed by atoms with Gasteiger partial charge in [0, 0.05) is 0 Å². The SMILES string of the molecule is CCSC1OC(F)=C(F)C1CC. The van der Waals surface area contributed by atoms with Crippen LogP contribution in [0.2, 0.25) is 0 Å². The van der Waals surface area contributed by atoms with E-state index in [0.29, 0.717) is 6.42 Å². The van der Waals surface area contributed by atoms with Crippen LogP contribution in [0.4, 0.5) is 8.78 Å². The average molecular weight is 194 g/mol. The maximum absolute atomic E-state index is 12.9. The Morgan fingerprint density at radius 1 is 1.42 bits per heavy atom. The van der Waals surface area contributed by atoms with Crippen molar-refractivity contribution in [3.63, 3.8) is 0 Å². The molecular weight excluding hydrogens is 182 g/mol. The van der Waals surface area contributed by atoms with Gasteiger partial charge in [-0.05, 0) is 12.2 Å². The molecule has 0 saturated carbocycles. The summed E-state index contributed by atoms with van der Waals surface area (Å²) < 4.78 is 30.2. The summed E-state index contributed by atoms with van der Waals surface area (Å²) in [5.41, 5.74) is -0.361. The van der Waals surface area contributed by atoms with Crippen LogP contribution in [-0.2, 0) is 4.74 Å². The molecule has 0 spiro atoms. The molecule has 4 heteroatoms. The van der Waals surface area contributed by atoms with Crippen LogP contribution in [0.5, 0.6) is 0 Å². The fourth-order valence-electron chi connectivity index (χ4n) is 1.19. The van der Waals surface area contributed by atoms with E-state index in [9.17, 15) is 8.78 Å². The summed E-state index contributed by atoms with van der Waals surface area (Å²) in [7, 11) is 0. The van der Waals surface area contributed by atoms with Crippen molar-refractivity contribution in [2.45, 2.75) is 25.7 Å². The van der Waals surface area contributed by atoms with E-state index in [1.165, 1.54) is 11.8 Å². The molecule has 0 bridgehead atoms. The Kier molecular flexibility index (Phi) is 3.38. The Hall–Kier alpha value is -0.250. The van der Waals surface area contributed by atoms with Crippen molar-refractivity contribution in [2.24, 2.45) is 5.92 Å². The van der Waals surface area contributed by atoms with E-state index in [1.54, 1.807) is 0 Å². The maximum Gasteiger partial charge on any atom is 0.306 e. The lowest BCUT2D eigenvalue weighted by atomic mass is 10.1. The van der Waals surface area contributed by atoms with Crippen LogP contribution < -0.4 is 0 Å². The second-order valence-electron chi connectivity index (χ2n) is 2.58. The minimum atomic E-state index is -1.02. The number of halogens is 2. The molecule has 0 radical (unpaired) electrons. The molecule has 1 heterocycles. The smallest absolute Gasteiger partial charge is 0.306 e. The lowest BCUT2D eigenvalue weighted by Gasteiger charge is -2.14. The van der Waals surface area contributed by atoms with Gasteiger partial charge in [-0.25, -0.2) is 4.39 Å². The van der Waals surface area contributed by atoms with Gasteiger partial charge < -0.3 is 4.74 Å². The molecule has 0 aromatic carbocycles. The molecule has 0 aliphatic carbocycles. The zero-order valence-electron chi connectivity index (χ0n) is 7.14.